The summed E-state index contributed by atoms with van der Waals surface area (Å²) in [4.78, 5) is 18.4. The van der Waals surface area contributed by atoms with E-state index in [1.165, 1.54) is 31.7 Å². The molecule has 0 spiro atoms. The number of urea groups is 1. The van der Waals surface area contributed by atoms with E-state index in [4.69, 9.17) is 0 Å². The van der Waals surface area contributed by atoms with Gasteiger partial charge >= 0.3 is 6.03 Å². The lowest BCUT2D eigenvalue weighted by Crippen LogP contribution is -2.47. The molecule has 0 radical (unpaired) electrons. The van der Waals surface area contributed by atoms with Gasteiger partial charge in [0, 0.05) is 25.2 Å². The van der Waals surface area contributed by atoms with Crippen molar-refractivity contribution < 1.29 is 9.18 Å². The fourth-order valence-corrected chi connectivity index (χ4v) is 4.19. The Hall–Kier alpha value is -2.51. The summed E-state index contributed by atoms with van der Waals surface area (Å²) in [5.41, 5.74) is 0.639. The Morgan fingerprint density at radius 1 is 1.22 bits per heavy atom. The van der Waals surface area contributed by atoms with Gasteiger partial charge in [0.1, 0.15) is 11.6 Å². The van der Waals surface area contributed by atoms with Gasteiger partial charge in [0.05, 0.1) is 18.3 Å². The lowest BCUT2D eigenvalue weighted by atomic mass is 10.1. The van der Waals surface area contributed by atoms with Crippen LogP contribution in [0.15, 0.2) is 18.5 Å². The molecule has 2 aromatic rings. The molecule has 2 atom stereocenters. The van der Waals surface area contributed by atoms with Gasteiger partial charge in [-0.3, -0.25) is 4.98 Å². The van der Waals surface area contributed by atoms with E-state index in [1.807, 2.05) is 13.8 Å². The van der Waals surface area contributed by atoms with Gasteiger partial charge in [-0.15, -0.1) is 10.2 Å². The van der Waals surface area contributed by atoms with E-state index in [0.717, 1.165) is 17.8 Å². The smallest absolute Gasteiger partial charge is 0.318 e. The molecule has 1 saturated carbocycles. The molecule has 7 nitrogen and oxygen atoms in total. The van der Waals surface area contributed by atoms with Gasteiger partial charge in [-0.2, -0.15) is 0 Å². The van der Waals surface area contributed by atoms with Gasteiger partial charge in [-0.1, -0.05) is 12.8 Å². The van der Waals surface area contributed by atoms with Crippen molar-refractivity contribution in [1.29, 1.82) is 0 Å². The van der Waals surface area contributed by atoms with Crippen molar-refractivity contribution in [2.75, 3.05) is 6.54 Å². The molecule has 1 aliphatic heterocycles. The van der Waals surface area contributed by atoms with Crippen LogP contribution in [-0.2, 0) is 6.54 Å². The fourth-order valence-electron chi connectivity index (χ4n) is 4.19. The molecule has 0 aromatic carbocycles. The average Bonchev–Trinajstić information content (AvgIpc) is 3.31. The van der Waals surface area contributed by atoms with Crippen molar-refractivity contribution in [3.8, 4) is 0 Å². The lowest BCUT2D eigenvalue weighted by molar-refractivity contribution is 0.156. The van der Waals surface area contributed by atoms with Crippen molar-refractivity contribution in [3.05, 3.63) is 41.5 Å². The number of amides is 2. The number of nitrogens with one attached hydrogen (secondary N) is 1. The third kappa shape index (κ3) is 3.40. The molecule has 1 unspecified atom stereocenters. The van der Waals surface area contributed by atoms with Crippen LogP contribution in [-0.4, -0.2) is 37.2 Å². The van der Waals surface area contributed by atoms with E-state index >= 15 is 0 Å². The highest BCUT2D eigenvalue weighted by Gasteiger charge is 2.34. The molecule has 1 fully saturated rings. The minimum Gasteiger partial charge on any atom is -0.331 e. The first-order valence-electron chi connectivity index (χ1n) is 9.65. The maximum absolute atomic E-state index is 13.4. The SMILES string of the molecule is CC1c2nnc(C3CCCC3)n2CCN1C(=O)N[C@@H](C)c1cncc(F)c1. The van der Waals surface area contributed by atoms with Gasteiger partial charge in [-0.25, -0.2) is 9.18 Å². The molecule has 27 heavy (non-hydrogen) atoms. The maximum Gasteiger partial charge on any atom is 0.318 e. The zero-order valence-corrected chi connectivity index (χ0v) is 15.7. The van der Waals surface area contributed by atoms with Gasteiger partial charge < -0.3 is 14.8 Å². The van der Waals surface area contributed by atoms with Crippen molar-refractivity contribution in [2.24, 2.45) is 0 Å². The summed E-state index contributed by atoms with van der Waals surface area (Å²) in [6.45, 7) is 5.11. The number of halogens is 1. The molecule has 1 N–H and O–H groups in total. The highest BCUT2D eigenvalue weighted by molar-refractivity contribution is 5.75. The third-order valence-electron chi connectivity index (χ3n) is 5.76. The largest absolute Gasteiger partial charge is 0.331 e. The Labute approximate surface area is 158 Å². The van der Waals surface area contributed by atoms with Crippen LogP contribution in [0.4, 0.5) is 9.18 Å². The predicted octanol–water partition coefficient (Wildman–Crippen LogP) is 3.32. The summed E-state index contributed by atoms with van der Waals surface area (Å²) in [5, 5.41) is 11.8. The first-order valence-corrected chi connectivity index (χ1v) is 9.65. The fraction of sp³-hybridized carbons (Fsp3) is 0.579. The third-order valence-corrected chi connectivity index (χ3v) is 5.76. The molecule has 8 heteroatoms. The van der Waals surface area contributed by atoms with Gasteiger partial charge in [-0.05, 0) is 38.3 Å². The van der Waals surface area contributed by atoms with Crippen molar-refractivity contribution in [3.63, 3.8) is 0 Å². The van der Waals surface area contributed by atoms with E-state index in [0.29, 0.717) is 24.6 Å². The molecule has 4 rings (SSSR count). The summed E-state index contributed by atoms with van der Waals surface area (Å²) in [6.07, 6.45) is 7.58. The number of hydrogen-bond acceptors (Lipinski definition) is 4. The Kier molecular flexibility index (Phi) is 4.80. The molecule has 2 amide bonds. The van der Waals surface area contributed by atoms with E-state index in [2.05, 4.69) is 25.1 Å². The van der Waals surface area contributed by atoms with Gasteiger partial charge in [0.25, 0.3) is 0 Å². The predicted molar refractivity (Wildman–Crippen MR) is 97.5 cm³/mol. The van der Waals surface area contributed by atoms with Crippen LogP contribution >= 0.6 is 0 Å². The average molecular weight is 372 g/mol. The molecule has 1 aliphatic carbocycles. The summed E-state index contributed by atoms with van der Waals surface area (Å²) in [7, 11) is 0. The topological polar surface area (TPSA) is 75.9 Å². The van der Waals surface area contributed by atoms with Gasteiger partial charge in [0.2, 0.25) is 0 Å². The van der Waals surface area contributed by atoms with Crippen LogP contribution in [0.2, 0.25) is 0 Å². The minimum absolute atomic E-state index is 0.153. The quantitative estimate of drug-likeness (QED) is 0.897. The van der Waals surface area contributed by atoms with Crippen LogP contribution in [0.1, 0.15) is 74.7 Å². The second kappa shape index (κ2) is 7.25. The Bertz CT molecular complexity index is 831. The second-order valence-corrected chi connectivity index (χ2v) is 7.53. The highest BCUT2D eigenvalue weighted by Crippen LogP contribution is 2.35. The Balaban J connectivity index is 1.47. The summed E-state index contributed by atoms with van der Waals surface area (Å²) in [5.74, 6) is 2.01. The Morgan fingerprint density at radius 2 is 1.96 bits per heavy atom. The molecular weight excluding hydrogens is 347 g/mol. The number of pyridine rings is 1. The number of carbonyl (C=O) groups is 1. The molecule has 144 valence electrons. The first-order chi connectivity index (χ1) is 13.0. The summed E-state index contributed by atoms with van der Waals surface area (Å²) < 4.78 is 15.6. The highest BCUT2D eigenvalue weighted by atomic mass is 19.1. The monoisotopic (exact) mass is 372 g/mol. The molecule has 2 aromatic heterocycles. The zero-order chi connectivity index (χ0) is 19.0. The normalized spacial score (nSPS) is 21.1. The van der Waals surface area contributed by atoms with E-state index in [1.54, 1.807) is 11.1 Å². The van der Waals surface area contributed by atoms with E-state index in [9.17, 15) is 9.18 Å². The van der Waals surface area contributed by atoms with Crippen LogP contribution in [0.25, 0.3) is 0 Å². The standard InChI is InChI=1S/C19H25FN6O/c1-12(15-9-16(20)11-21-10-15)22-19(27)25-7-8-26-17(13(25)2)23-24-18(26)14-5-3-4-6-14/h9-14H,3-8H2,1-2H3,(H,22,27)/t12-,13?/m0/s1. The molecule has 3 heterocycles. The van der Waals surface area contributed by atoms with E-state index < -0.39 is 5.82 Å². The second-order valence-electron chi connectivity index (χ2n) is 7.53. The number of rotatable bonds is 3. The Morgan fingerprint density at radius 3 is 2.70 bits per heavy atom. The number of nitrogens with zero attached hydrogens (tertiary/aromatic N) is 5. The lowest BCUT2D eigenvalue weighted by Gasteiger charge is -2.35. The van der Waals surface area contributed by atoms with E-state index in [-0.39, 0.29) is 18.1 Å². The molecule has 0 saturated heterocycles. The minimum atomic E-state index is -0.410. The van der Waals surface area contributed by atoms with Crippen LogP contribution in [0.5, 0.6) is 0 Å². The number of aromatic nitrogens is 4. The molecule has 2 aliphatic rings. The van der Waals surface area contributed by atoms with Gasteiger partial charge in [0.15, 0.2) is 5.82 Å². The molecule has 0 bridgehead atoms. The summed E-state index contributed by atoms with van der Waals surface area (Å²) >= 11 is 0. The number of hydrogen-bond donors (Lipinski definition) is 1. The summed E-state index contributed by atoms with van der Waals surface area (Å²) in [6, 6.07) is 0.721. The van der Waals surface area contributed by atoms with Crippen LogP contribution in [0.3, 0.4) is 0 Å². The van der Waals surface area contributed by atoms with Crippen LogP contribution in [0, 0.1) is 5.82 Å². The first kappa shape index (κ1) is 17.9. The van der Waals surface area contributed by atoms with Crippen molar-refractivity contribution in [1.82, 2.24) is 30.0 Å². The zero-order valence-electron chi connectivity index (χ0n) is 15.7. The van der Waals surface area contributed by atoms with Crippen molar-refractivity contribution >= 4 is 6.03 Å². The van der Waals surface area contributed by atoms with Crippen LogP contribution < -0.4 is 5.32 Å². The maximum atomic E-state index is 13.4. The molecular formula is C19H25FN6O. The van der Waals surface area contributed by atoms with Crippen molar-refractivity contribution in [2.45, 2.75) is 64.1 Å². The number of fused-ring (bicyclic) bond motifs is 1. The number of carbonyl (C=O) groups excluding carboxylic acids is 1.